The normalized spacial score (nSPS) is 11.1. The van der Waals surface area contributed by atoms with E-state index >= 15 is 0 Å². The first-order valence-corrected chi connectivity index (χ1v) is 3.26. The van der Waals surface area contributed by atoms with Gasteiger partial charge in [-0.2, -0.15) is 0 Å². The number of ether oxygens (including phenoxy) is 1. The Labute approximate surface area is 57.0 Å². The first kappa shape index (κ1) is 8.28. The average molecular weight is 126 g/mol. The van der Waals surface area contributed by atoms with E-state index in [0.717, 1.165) is 18.8 Å². The van der Waals surface area contributed by atoms with E-state index in [-0.39, 0.29) is 0 Å². The van der Waals surface area contributed by atoms with Crippen LogP contribution in [-0.2, 0) is 4.74 Å². The van der Waals surface area contributed by atoms with Gasteiger partial charge in [0.05, 0.1) is 6.61 Å². The van der Waals surface area contributed by atoms with E-state index in [0.29, 0.717) is 0 Å². The highest BCUT2D eigenvalue weighted by Crippen LogP contribution is 1.97. The maximum atomic E-state index is 5.23. The predicted molar refractivity (Wildman–Crippen MR) is 40.2 cm³/mol. The summed E-state index contributed by atoms with van der Waals surface area (Å²) in [6.07, 6.45) is 4.67. The van der Waals surface area contributed by atoms with Gasteiger partial charge >= 0.3 is 0 Å². The van der Waals surface area contributed by atoms with Gasteiger partial charge in [0.25, 0.3) is 0 Å². The molecule has 0 aliphatic carbocycles. The summed E-state index contributed by atoms with van der Waals surface area (Å²) < 4.78 is 5.23. The predicted octanol–water partition coefficient (Wildman–Crippen LogP) is 2.50. The Morgan fingerprint density at radius 1 is 1.67 bits per heavy atom. The minimum atomic E-state index is 0.783. The molecule has 0 spiro atoms. The Kier molecular flexibility index (Phi) is 4.98. The molecule has 0 saturated carbocycles. The lowest BCUT2D eigenvalue weighted by molar-refractivity contribution is 0.224. The molecule has 0 rings (SSSR count). The fourth-order valence-electron chi connectivity index (χ4n) is 0.480. The van der Waals surface area contributed by atoms with Gasteiger partial charge in [0, 0.05) is 0 Å². The molecule has 1 heteroatoms. The van der Waals surface area contributed by atoms with Crippen LogP contribution in [-0.4, -0.2) is 6.61 Å². The SMILES string of the molecule is C=C/C(=C/C)OCCC. The van der Waals surface area contributed by atoms with Crippen molar-refractivity contribution in [3.05, 3.63) is 24.5 Å². The largest absolute Gasteiger partial charge is 0.494 e. The van der Waals surface area contributed by atoms with Crippen LogP contribution in [0.2, 0.25) is 0 Å². The molecule has 0 atom stereocenters. The van der Waals surface area contributed by atoms with Crippen LogP contribution < -0.4 is 0 Å². The minimum Gasteiger partial charge on any atom is -0.494 e. The number of hydrogen-bond donors (Lipinski definition) is 0. The molecule has 0 amide bonds. The third-order valence-electron chi connectivity index (χ3n) is 0.959. The van der Waals surface area contributed by atoms with Crippen LogP contribution in [0.5, 0.6) is 0 Å². The lowest BCUT2D eigenvalue weighted by atomic mass is 10.4. The van der Waals surface area contributed by atoms with E-state index in [1.165, 1.54) is 0 Å². The maximum absolute atomic E-state index is 5.23. The average Bonchev–Trinajstić information content (AvgIpc) is 1.91. The summed E-state index contributed by atoms with van der Waals surface area (Å²) in [4.78, 5) is 0. The molecule has 52 valence electrons. The van der Waals surface area contributed by atoms with Crippen molar-refractivity contribution in [1.82, 2.24) is 0 Å². The molecule has 0 radical (unpaired) electrons. The zero-order valence-electron chi connectivity index (χ0n) is 6.18. The van der Waals surface area contributed by atoms with E-state index in [4.69, 9.17) is 4.74 Å². The van der Waals surface area contributed by atoms with Gasteiger partial charge in [-0.05, 0) is 25.5 Å². The second-order valence-corrected chi connectivity index (χ2v) is 1.74. The highest BCUT2D eigenvalue weighted by molar-refractivity contribution is 5.06. The van der Waals surface area contributed by atoms with E-state index in [1.54, 1.807) is 6.08 Å². The third kappa shape index (κ3) is 3.83. The summed E-state index contributed by atoms with van der Waals surface area (Å²) in [6.45, 7) is 8.39. The molecule has 0 fully saturated rings. The minimum absolute atomic E-state index is 0.783. The van der Waals surface area contributed by atoms with Crippen LogP contribution in [0.25, 0.3) is 0 Å². The fraction of sp³-hybridized carbons (Fsp3) is 0.500. The molecule has 9 heavy (non-hydrogen) atoms. The van der Waals surface area contributed by atoms with E-state index in [1.807, 2.05) is 13.0 Å². The lowest BCUT2D eigenvalue weighted by Gasteiger charge is -2.02. The second kappa shape index (κ2) is 5.42. The van der Waals surface area contributed by atoms with Crippen molar-refractivity contribution in [2.75, 3.05) is 6.61 Å². The van der Waals surface area contributed by atoms with Crippen molar-refractivity contribution in [3.8, 4) is 0 Å². The molecule has 0 aliphatic heterocycles. The summed E-state index contributed by atoms with van der Waals surface area (Å²) in [6, 6.07) is 0. The number of allylic oxidation sites excluding steroid dienone is 2. The topological polar surface area (TPSA) is 9.23 Å². The lowest BCUT2D eigenvalue weighted by Crippen LogP contribution is -1.89. The molecule has 0 aromatic rings. The van der Waals surface area contributed by atoms with Crippen molar-refractivity contribution >= 4 is 0 Å². The summed E-state index contributed by atoms with van der Waals surface area (Å²) in [7, 11) is 0. The first-order valence-electron chi connectivity index (χ1n) is 3.26. The molecule has 1 nitrogen and oxygen atoms in total. The number of hydrogen-bond acceptors (Lipinski definition) is 1. The fourth-order valence-corrected chi connectivity index (χ4v) is 0.480. The van der Waals surface area contributed by atoms with Gasteiger partial charge in [0.15, 0.2) is 0 Å². The maximum Gasteiger partial charge on any atom is 0.114 e. The first-order chi connectivity index (χ1) is 4.35. The van der Waals surface area contributed by atoms with Gasteiger partial charge in [0.2, 0.25) is 0 Å². The Balaban J connectivity index is 3.45. The van der Waals surface area contributed by atoms with Crippen LogP contribution in [0, 0.1) is 0 Å². The highest BCUT2D eigenvalue weighted by Gasteiger charge is 1.85. The molecule has 0 aromatic carbocycles. The van der Waals surface area contributed by atoms with E-state index in [2.05, 4.69) is 13.5 Å². The van der Waals surface area contributed by atoms with Crippen molar-refractivity contribution in [2.45, 2.75) is 20.3 Å². The van der Waals surface area contributed by atoms with Crippen LogP contribution >= 0.6 is 0 Å². The molecule has 0 bridgehead atoms. The molecule has 0 aliphatic rings. The van der Waals surface area contributed by atoms with Gasteiger partial charge in [-0.3, -0.25) is 0 Å². The third-order valence-corrected chi connectivity index (χ3v) is 0.959. The quantitative estimate of drug-likeness (QED) is 0.415. The Morgan fingerprint density at radius 2 is 2.33 bits per heavy atom. The Bertz CT molecular complexity index is 103. The molecule has 0 saturated heterocycles. The second-order valence-electron chi connectivity index (χ2n) is 1.74. The van der Waals surface area contributed by atoms with Gasteiger partial charge in [-0.15, -0.1) is 0 Å². The van der Waals surface area contributed by atoms with Crippen molar-refractivity contribution in [3.63, 3.8) is 0 Å². The Hall–Kier alpha value is -0.720. The zero-order valence-corrected chi connectivity index (χ0v) is 6.18. The molecule has 0 N–H and O–H groups in total. The summed E-state index contributed by atoms with van der Waals surface area (Å²) >= 11 is 0. The summed E-state index contributed by atoms with van der Waals surface area (Å²) in [5.74, 6) is 0.872. The molecule has 0 heterocycles. The summed E-state index contributed by atoms with van der Waals surface area (Å²) in [5, 5.41) is 0. The van der Waals surface area contributed by atoms with Gasteiger partial charge in [0.1, 0.15) is 5.76 Å². The smallest absolute Gasteiger partial charge is 0.114 e. The van der Waals surface area contributed by atoms with Crippen molar-refractivity contribution in [1.29, 1.82) is 0 Å². The number of rotatable bonds is 4. The van der Waals surface area contributed by atoms with E-state index < -0.39 is 0 Å². The van der Waals surface area contributed by atoms with Gasteiger partial charge in [-0.1, -0.05) is 13.5 Å². The van der Waals surface area contributed by atoms with Gasteiger partial charge in [-0.25, -0.2) is 0 Å². The van der Waals surface area contributed by atoms with Crippen molar-refractivity contribution in [2.24, 2.45) is 0 Å². The van der Waals surface area contributed by atoms with Gasteiger partial charge < -0.3 is 4.74 Å². The zero-order chi connectivity index (χ0) is 7.11. The van der Waals surface area contributed by atoms with Crippen LogP contribution in [0.1, 0.15) is 20.3 Å². The van der Waals surface area contributed by atoms with Crippen molar-refractivity contribution < 1.29 is 4.74 Å². The molecular formula is C8H14O. The highest BCUT2D eigenvalue weighted by atomic mass is 16.5. The monoisotopic (exact) mass is 126 g/mol. The molecule has 0 aromatic heterocycles. The van der Waals surface area contributed by atoms with Crippen LogP contribution in [0.3, 0.4) is 0 Å². The van der Waals surface area contributed by atoms with Crippen LogP contribution in [0.15, 0.2) is 24.5 Å². The molecule has 0 unspecified atom stereocenters. The Morgan fingerprint density at radius 3 is 2.67 bits per heavy atom. The standard InChI is InChI=1S/C8H14O/c1-4-7-9-8(5-2)6-3/h5-6H,2,4,7H2,1,3H3/b8-6-. The molecular weight excluding hydrogens is 112 g/mol. The summed E-state index contributed by atoms with van der Waals surface area (Å²) in [5.41, 5.74) is 0. The van der Waals surface area contributed by atoms with E-state index in [9.17, 15) is 0 Å². The van der Waals surface area contributed by atoms with Crippen LogP contribution in [0.4, 0.5) is 0 Å².